The van der Waals surface area contributed by atoms with Crippen LogP contribution in [-0.4, -0.2) is 22.6 Å². The molecule has 0 bridgehead atoms. The lowest BCUT2D eigenvalue weighted by molar-refractivity contribution is 0.714. The second-order valence-electron chi connectivity index (χ2n) is 14.5. The van der Waals surface area contributed by atoms with Gasteiger partial charge in [0.25, 0.3) is 0 Å². The molecule has 12 rings (SSSR count). The van der Waals surface area contributed by atoms with Crippen molar-refractivity contribution in [2.75, 3.05) is 9.80 Å². The third kappa shape index (κ3) is 4.45. The smallest absolute Gasteiger partial charge is 0.0683 e. The normalized spacial score (nSPS) is 25.7. The highest BCUT2D eigenvalue weighted by Gasteiger charge is 2.37. The molecule has 5 aromatic rings. The summed E-state index contributed by atoms with van der Waals surface area (Å²) in [5.74, 6) is 0.407. The molecule has 0 radical (unpaired) electrons. The van der Waals surface area contributed by atoms with Gasteiger partial charge in [0.05, 0.1) is 34.0 Å². The Morgan fingerprint density at radius 1 is 0.654 bits per heavy atom. The van der Waals surface area contributed by atoms with E-state index in [0.29, 0.717) is 28.5 Å². The van der Waals surface area contributed by atoms with Crippen LogP contribution in [0.25, 0.3) is 33.9 Å². The first-order valence-electron chi connectivity index (χ1n) is 18.4. The summed E-state index contributed by atoms with van der Waals surface area (Å²) in [6.07, 6.45) is 31.6. The summed E-state index contributed by atoms with van der Waals surface area (Å²) in [5, 5.41) is 3.81. The predicted molar refractivity (Wildman–Crippen MR) is 227 cm³/mol. The van der Waals surface area contributed by atoms with Gasteiger partial charge in [-0.3, -0.25) is 0 Å². The van der Waals surface area contributed by atoms with Crippen LogP contribution in [0.5, 0.6) is 0 Å². The van der Waals surface area contributed by atoms with Crippen LogP contribution in [0.15, 0.2) is 137 Å². The SMILES string of the molecule is C1=CC2Sc3ccccc3N(C3=Cc4sc5c(c4CC3)=C3C=Cc4sc6cc(N7c8ccccc8SC8C=CC=CC87)ccc6c4C3CC=5)C2C=C1. The fourth-order valence-electron chi connectivity index (χ4n) is 9.53. The van der Waals surface area contributed by atoms with Crippen LogP contribution >= 0.6 is 46.2 Å². The van der Waals surface area contributed by atoms with E-state index in [1.807, 2.05) is 46.2 Å². The molecule has 5 unspecified atom stereocenters. The Bertz CT molecular complexity index is 2680. The fraction of sp³-hybridized carbons (Fsp3) is 0.174. The number of hydrogen-bond donors (Lipinski definition) is 0. The number of fused-ring (bicyclic) bond motifs is 12. The lowest BCUT2D eigenvalue weighted by Crippen LogP contribution is -2.44. The molecule has 52 heavy (non-hydrogen) atoms. The maximum Gasteiger partial charge on any atom is 0.0683 e. The van der Waals surface area contributed by atoms with E-state index in [1.165, 1.54) is 73.3 Å². The van der Waals surface area contributed by atoms with Gasteiger partial charge < -0.3 is 9.80 Å². The van der Waals surface area contributed by atoms with E-state index in [9.17, 15) is 0 Å². The van der Waals surface area contributed by atoms with E-state index in [-0.39, 0.29) is 0 Å². The molecule has 0 saturated heterocycles. The highest BCUT2D eigenvalue weighted by Crippen LogP contribution is 2.51. The van der Waals surface area contributed by atoms with E-state index in [2.05, 4.69) is 149 Å². The minimum atomic E-state index is 0.309. The number of thioether (sulfide) groups is 2. The van der Waals surface area contributed by atoms with Gasteiger partial charge in [-0.1, -0.05) is 91.1 Å². The van der Waals surface area contributed by atoms with Crippen molar-refractivity contribution in [2.24, 2.45) is 0 Å². The number of allylic oxidation sites excluding steroid dienone is 6. The van der Waals surface area contributed by atoms with Gasteiger partial charge in [0, 0.05) is 46.1 Å². The Morgan fingerprint density at radius 3 is 2.15 bits per heavy atom. The number of anilines is 3. The summed E-state index contributed by atoms with van der Waals surface area (Å²) in [6.45, 7) is 0. The number of para-hydroxylation sites is 2. The van der Waals surface area contributed by atoms with Gasteiger partial charge in [-0.2, -0.15) is 0 Å². The van der Waals surface area contributed by atoms with Crippen LogP contribution in [-0.2, 0) is 6.42 Å². The van der Waals surface area contributed by atoms with Crippen molar-refractivity contribution in [1.29, 1.82) is 0 Å². The van der Waals surface area contributed by atoms with Crippen LogP contribution < -0.4 is 19.6 Å². The molecule has 4 heterocycles. The molecule has 0 saturated carbocycles. The van der Waals surface area contributed by atoms with Crippen molar-refractivity contribution in [1.82, 2.24) is 0 Å². The van der Waals surface area contributed by atoms with Gasteiger partial charge in [0.15, 0.2) is 0 Å². The largest absolute Gasteiger partial charge is 0.336 e. The van der Waals surface area contributed by atoms with Crippen LogP contribution in [0.4, 0.5) is 17.1 Å². The van der Waals surface area contributed by atoms with E-state index >= 15 is 0 Å². The first-order valence-corrected chi connectivity index (χ1v) is 21.8. The monoisotopic (exact) mass is 742 g/mol. The van der Waals surface area contributed by atoms with Gasteiger partial charge in [-0.05, 0) is 95.1 Å². The Labute approximate surface area is 320 Å². The molecule has 252 valence electrons. The van der Waals surface area contributed by atoms with Crippen molar-refractivity contribution >= 4 is 97.1 Å². The molecular weight excluding hydrogens is 709 g/mol. The van der Waals surface area contributed by atoms with Gasteiger partial charge in [-0.15, -0.1) is 46.2 Å². The van der Waals surface area contributed by atoms with Crippen LogP contribution in [0, 0.1) is 0 Å². The molecule has 5 aliphatic carbocycles. The molecule has 0 fully saturated rings. The van der Waals surface area contributed by atoms with Crippen LogP contribution in [0.1, 0.15) is 39.6 Å². The van der Waals surface area contributed by atoms with Crippen molar-refractivity contribution in [2.45, 2.75) is 57.6 Å². The number of rotatable bonds is 2. The lowest BCUT2D eigenvalue weighted by Gasteiger charge is -2.43. The van der Waals surface area contributed by atoms with Crippen molar-refractivity contribution in [3.63, 3.8) is 0 Å². The molecule has 5 atom stereocenters. The van der Waals surface area contributed by atoms with E-state index in [0.717, 1.165) is 19.3 Å². The molecule has 2 aliphatic heterocycles. The number of hydrogen-bond acceptors (Lipinski definition) is 6. The average molecular weight is 743 g/mol. The van der Waals surface area contributed by atoms with Gasteiger partial charge in [0.1, 0.15) is 0 Å². The standard InChI is InChI=1S/C46H34N2S4/c1-5-13-37-33(9-1)47(34-10-2-6-14-38(34)49-37)27-17-19-31-43(25-27)51-41-23-21-30-29(45(31)41)22-24-42-46(30)32-20-18-28(26-44(32)52-42)48-35-11-3-7-15-39(35)50-40-16-8-4-12-36(40)48/h1-17,19,21,23-26,29,33,35,37,39H,18,20,22H2. The zero-order valence-corrected chi connectivity index (χ0v) is 31.6. The molecule has 0 amide bonds. The fourth-order valence-corrected chi connectivity index (χ4v) is 14.5. The van der Waals surface area contributed by atoms with Gasteiger partial charge in [0.2, 0.25) is 0 Å². The molecule has 2 nitrogen and oxygen atoms in total. The number of thiophene rings is 2. The lowest BCUT2D eigenvalue weighted by atomic mass is 9.79. The zero-order chi connectivity index (χ0) is 33.9. The van der Waals surface area contributed by atoms with Crippen molar-refractivity contribution in [3.8, 4) is 0 Å². The number of nitrogens with zero attached hydrogens (tertiary/aromatic N) is 2. The third-order valence-corrected chi connectivity index (χ3v) is 16.7. The first kappa shape index (κ1) is 30.3. The molecule has 3 aromatic carbocycles. The summed E-state index contributed by atoms with van der Waals surface area (Å²) < 4.78 is 2.87. The first-order chi connectivity index (χ1) is 25.8. The Hall–Kier alpha value is -4.20. The maximum absolute atomic E-state index is 2.65. The molecule has 7 aliphatic rings. The highest BCUT2D eigenvalue weighted by atomic mass is 32.2. The van der Waals surface area contributed by atoms with Gasteiger partial charge >= 0.3 is 0 Å². The van der Waals surface area contributed by atoms with E-state index in [4.69, 9.17) is 0 Å². The third-order valence-electron chi connectivity index (χ3n) is 11.8. The second kappa shape index (κ2) is 11.6. The molecule has 0 N–H and O–H groups in total. The zero-order valence-electron chi connectivity index (χ0n) is 28.3. The van der Waals surface area contributed by atoms with E-state index < -0.39 is 0 Å². The Morgan fingerprint density at radius 2 is 1.37 bits per heavy atom. The second-order valence-corrected chi connectivity index (χ2v) is 19.1. The molecular formula is C46H34N2S4. The predicted octanol–water partition coefficient (Wildman–Crippen LogP) is 11.0. The quantitative estimate of drug-likeness (QED) is 0.178. The number of benzene rings is 3. The van der Waals surface area contributed by atoms with Gasteiger partial charge in [-0.25, -0.2) is 0 Å². The minimum absolute atomic E-state index is 0.309. The summed E-state index contributed by atoms with van der Waals surface area (Å²) in [6, 6.07) is 25.9. The van der Waals surface area contributed by atoms with Crippen molar-refractivity contribution < 1.29 is 0 Å². The summed E-state index contributed by atoms with van der Waals surface area (Å²) in [5.41, 5.74) is 10.1. The minimum Gasteiger partial charge on any atom is -0.336 e. The highest BCUT2D eigenvalue weighted by molar-refractivity contribution is 8.00. The Kier molecular flexibility index (Phi) is 6.78. The molecule has 6 heteroatoms. The topological polar surface area (TPSA) is 6.48 Å². The maximum atomic E-state index is 2.65. The summed E-state index contributed by atoms with van der Waals surface area (Å²) >= 11 is 7.98. The Balaban J connectivity index is 0.938. The summed E-state index contributed by atoms with van der Waals surface area (Å²) in [4.78, 5) is 10.9. The summed E-state index contributed by atoms with van der Waals surface area (Å²) in [7, 11) is 0. The van der Waals surface area contributed by atoms with Crippen molar-refractivity contribution in [3.05, 3.63) is 158 Å². The van der Waals surface area contributed by atoms with E-state index in [1.54, 1.807) is 5.56 Å². The van der Waals surface area contributed by atoms with Crippen LogP contribution in [0.3, 0.4) is 0 Å². The molecule has 0 spiro atoms. The molecule has 2 aromatic heterocycles. The van der Waals surface area contributed by atoms with Crippen LogP contribution in [0.2, 0.25) is 0 Å². The average Bonchev–Trinajstić information content (AvgIpc) is 3.76.